The molecular weight excluding hydrogens is 373 g/mol. The molecule has 1 N–H and O–H groups in total. The maximum Gasteiger partial charge on any atom is 0.327 e. The van der Waals surface area contributed by atoms with Crippen molar-refractivity contribution in [3.05, 3.63) is 19.9 Å². The van der Waals surface area contributed by atoms with Gasteiger partial charge < -0.3 is 10.0 Å². The molecule has 7 heteroatoms. The Morgan fingerprint density at radius 1 is 1.59 bits per heavy atom. The van der Waals surface area contributed by atoms with Gasteiger partial charge >= 0.3 is 5.97 Å². The van der Waals surface area contributed by atoms with Gasteiger partial charge in [-0.3, -0.25) is 4.79 Å². The van der Waals surface area contributed by atoms with Crippen molar-refractivity contribution in [3.8, 4) is 0 Å². The lowest BCUT2D eigenvalue weighted by Crippen LogP contribution is -2.44. The van der Waals surface area contributed by atoms with E-state index in [1.54, 1.807) is 11.4 Å². The molecule has 0 spiro atoms. The highest BCUT2D eigenvalue weighted by molar-refractivity contribution is 14.1. The average molecular weight is 383 g/mol. The molecule has 0 aliphatic carbocycles. The number of halogens is 1. The molecule has 1 saturated heterocycles. The number of thiophene rings is 1. The molecule has 1 fully saturated rings. The summed E-state index contributed by atoms with van der Waals surface area (Å²) < 4.78 is 1.03. The summed E-state index contributed by atoms with van der Waals surface area (Å²) in [6.45, 7) is 1.86. The van der Waals surface area contributed by atoms with E-state index in [-0.39, 0.29) is 11.3 Å². The molecule has 0 saturated carbocycles. The van der Waals surface area contributed by atoms with Gasteiger partial charge in [0.1, 0.15) is 6.04 Å². The summed E-state index contributed by atoms with van der Waals surface area (Å²) in [7, 11) is 0. The van der Waals surface area contributed by atoms with Crippen LogP contribution in [0.3, 0.4) is 0 Å². The van der Waals surface area contributed by atoms with Gasteiger partial charge in [-0.2, -0.15) is 0 Å². The van der Waals surface area contributed by atoms with Crippen molar-refractivity contribution in [2.24, 2.45) is 0 Å². The molecule has 1 aliphatic rings. The molecule has 0 bridgehead atoms. The molecular formula is C10H10INO3S2. The van der Waals surface area contributed by atoms with E-state index >= 15 is 0 Å². The highest BCUT2D eigenvalue weighted by Gasteiger charge is 2.39. The average Bonchev–Trinajstić information content (AvgIpc) is 2.83. The number of carbonyl (C=O) groups is 2. The first kappa shape index (κ1) is 13.2. The molecule has 92 valence electrons. The van der Waals surface area contributed by atoms with Gasteiger partial charge in [0.25, 0.3) is 5.91 Å². The highest BCUT2D eigenvalue weighted by Crippen LogP contribution is 2.31. The molecule has 0 aromatic carbocycles. The number of carboxylic acids is 1. The van der Waals surface area contributed by atoms with Crippen LogP contribution in [0.1, 0.15) is 17.3 Å². The first-order valence-corrected chi connectivity index (χ1v) is 7.92. The topological polar surface area (TPSA) is 57.6 Å². The standard InChI is InChI=1S/C10H10INO3S2/c1-5-12(7(4-16-5)10(14)15)9(13)6-2-8(11)17-3-6/h2-3,5,7H,4H2,1H3,(H,14,15). The predicted octanol–water partition coefficient (Wildman–Crippen LogP) is 2.34. The second kappa shape index (κ2) is 5.15. The van der Waals surface area contributed by atoms with Crippen LogP contribution in [-0.4, -0.2) is 39.1 Å². The maximum atomic E-state index is 12.2. The zero-order valence-corrected chi connectivity index (χ0v) is 12.7. The molecule has 1 aromatic rings. The van der Waals surface area contributed by atoms with Crippen LogP contribution >= 0.6 is 45.7 Å². The molecule has 0 radical (unpaired) electrons. The van der Waals surface area contributed by atoms with Crippen molar-refractivity contribution in [2.75, 3.05) is 5.75 Å². The van der Waals surface area contributed by atoms with Crippen molar-refractivity contribution >= 4 is 57.6 Å². The molecule has 2 heterocycles. The Morgan fingerprint density at radius 3 is 2.82 bits per heavy atom. The van der Waals surface area contributed by atoms with Crippen LogP contribution in [0.2, 0.25) is 0 Å². The van der Waals surface area contributed by atoms with Gasteiger partial charge in [-0.15, -0.1) is 23.1 Å². The zero-order chi connectivity index (χ0) is 12.6. The minimum Gasteiger partial charge on any atom is -0.480 e. The zero-order valence-electron chi connectivity index (χ0n) is 8.92. The maximum absolute atomic E-state index is 12.2. The molecule has 2 atom stereocenters. The van der Waals surface area contributed by atoms with Crippen molar-refractivity contribution < 1.29 is 14.7 Å². The monoisotopic (exact) mass is 383 g/mol. The van der Waals surface area contributed by atoms with Crippen LogP contribution in [-0.2, 0) is 4.79 Å². The second-order valence-corrected chi connectivity index (χ2v) is 7.79. The van der Waals surface area contributed by atoms with Crippen LogP contribution in [0.25, 0.3) is 0 Å². The van der Waals surface area contributed by atoms with E-state index in [1.807, 2.05) is 6.92 Å². The lowest BCUT2D eigenvalue weighted by molar-refractivity contribution is -0.141. The largest absolute Gasteiger partial charge is 0.480 e. The molecule has 2 rings (SSSR count). The Labute approximate surface area is 121 Å². The van der Waals surface area contributed by atoms with Gasteiger partial charge in [0.05, 0.1) is 13.8 Å². The van der Waals surface area contributed by atoms with Gasteiger partial charge in [0, 0.05) is 11.1 Å². The summed E-state index contributed by atoms with van der Waals surface area (Å²) in [4.78, 5) is 24.8. The number of nitrogens with zero attached hydrogens (tertiary/aromatic N) is 1. The van der Waals surface area contributed by atoms with Gasteiger partial charge in [-0.1, -0.05) is 0 Å². The normalized spacial score (nSPS) is 24.0. The highest BCUT2D eigenvalue weighted by atomic mass is 127. The molecule has 1 amide bonds. The Morgan fingerprint density at radius 2 is 2.29 bits per heavy atom. The lowest BCUT2D eigenvalue weighted by atomic mass is 10.2. The summed E-state index contributed by atoms with van der Waals surface area (Å²) in [5.41, 5.74) is 0.583. The second-order valence-electron chi connectivity index (χ2n) is 3.64. The molecule has 17 heavy (non-hydrogen) atoms. The number of thioether (sulfide) groups is 1. The van der Waals surface area contributed by atoms with Crippen LogP contribution in [0.5, 0.6) is 0 Å². The van der Waals surface area contributed by atoms with Crippen LogP contribution in [0.4, 0.5) is 0 Å². The van der Waals surface area contributed by atoms with Crippen LogP contribution in [0, 0.1) is 2.88 Å². The van der Waals surface area contributed by atoms with Gasteiger partial charge in [0.15, 0.2) is 0 Å². The van der Waals surface area contributed by atoms with E-state index in [1.165, 1.54) is 28.0 Å². The molecule has 4 nitrogen and oxygen atoms in total. The first-order valence-electron chi connectivity index (χ1n) is 4.92. The smallest absolute Gasteiger partial charge is 0.327 e. The fourth-order valence-electron chi connectivity index (χ4n) is 1.71. The third kappa shape index (κ3) is 2.60. The van der Waals surface area contributed by atoms with E-state index in [2.05, 4.69) is 22.6 Å². The summed E-state index contributed by atoms with van der Waals surface area (Å²) in [6, 6.07) is 1.09. The molecule has 1 aliphatic heterocycles. The predicted molar refractivity (Wildman–Crippen MR) is 76.5 cm³/mol. The number of carbonyl (C=O) groups excluding carboxylic acids is 1. The summed E-state index contributed by atoms with van der Waals surface area (Å²) >= 11 is 5.13. The number of hydrogen-bond acceptors (Lipinski definition) is 4. The minimum atomic E-state index is -0.930. The minimum absolute atomic E-state index is 0.0823. The van der Waals surface area contributed by atoms with E-state index in [0.717, 1.165) is 2.88 Å². The van der Waals surface area contributed by atoms with Crippen molar-refractivity contribution in [1.82, 2.24) is 4.90 Å². The van der Waals surface area contributed by atoms with Gasteiger partial charge in [-0.25, -0.2) is 4.79 Å². The van der Waals surface area contributed by atoms with E-state index in [4.69, 9.17) is 5.11 Å². The third-order valence-corrected chi connectivity index (χ3v) is 5.56. The molecule has 1 aromatic heterocycles. The van der Waals surface area contributed by atoms with E-state index < -0.39 is 12.0 Å². The van der Waals surface area contributed by atoms with Crippen LogP contribution in [0.15, 0.2) is 11.4 Å². The number of aliphatic carboxylic acids is 1. The fraction of sp³-hybridized carbons (Fsp3) is 0.400. The Bertz CT molecular complexity index is 462. The van der Waals surface area contributed by atoms with E-state index in [9.17, 15) is 9.59 Å². The summed E-state index contributed by atoms with van der Waals surface area (Å²) in [6.07, 6.45) is 0. The van der Waals surface area contributed by atoms with E-state index in [0.29, 0.717) is 11.3 Å². The number of hydrogen-bond donors (Lipinski definition) is 1. The van der Waals surface area contributed by atoms with Crippen molar-refractivity contribution in [3.63, 3.8) is 0 Å². The van der Waals surface area contributed by atoms with Crippen molar-refractivity contribution in [2.45, 2.75) is 18.3 Å². The summed E-state index contributed by atoms with van der Waals surface area (Å²) in [5, 5.41) is 10.8. The van der Waals surface area contributed by atoms with Gasteiger partial charge in [-0.05, 0) is 35.6 Å². The Hall–Kier alpha value is -0.280. The molecule has 2 unspecified atom stereocenters. The lowest BCUT2D eigenvalue weighted by Gasteiger charge is -2.24. The third-order valence-electron chi connectivity index (χ3n) is 2.56. The Kier molecular flexibility index (Phi) is 3.99. The van der Waals surface area contributed by atoms with Gasteiger partial charge in [0.2, 0.25) is 0 Å². The number of carboxylic acid groups (broad SMARTS) is 1. The number of rotatable bonds is 2. The Balaban J connectivity index is 2.25. The quantitative estimate of drug-likeness (QED) is 0.797. The fourth-order valence-corrected chi connectivity index (χ4v) is 4.20. The van der Waals surface area contributed by atoms with Crippen molar-refractivity contribution in [1.29, 1.82) is 0 Å². The van der Waals surface area contributed by atoms with Crippen LogP contribution < -0.4 is 0 Å². The number of amides is 1. The summed E-state index contributed by atoms with van der Waals surface area (Å²) in [5.74, 6) is -0.655. The SMILES string of the molecule is CC1SCC(C(=O)O)N1C(=O)c1csc(I)c1. The first-order chi connectivity index (χ1) is 8.00.